The van der Waals surface area contributed by atoms with Crippen LogP contribution < -0.4 is 5.32 Å². The van der Waals surface area contributed by atoms with E-state index in [2.05, 4.69) is 11.9 Å². The minimum atomic E-state index is 0.317. The molecule has 0 aliphatic carbocycles. The van der Waals surface area contributed by atoms with Crippen molar-refractivity contribution in [2.75, 3.05) is 5.32 Å². The maximum Gasteiger partial charge on any atom is 0.0612 e. The minimum absolute atomic E-state index is 0.317. The molecule has 2 aromatic rings. The SMILES string of the molecule is C=C(Nc1ccc(C)c(C(=N)/C=C\C)c1)c1cccc(C(=N)CC=N)c1. The predicted molar refractivity (Wildman–Crippen MR) is 112 cm³/mol. The molecule has 0 aliphatic heterocycles. The Bertz CT molecular complexity index is 891. The van der Waals surface area contributed by atoms with Crippen molar-refractivity contribution in [3.05, 3.63) is 83.4 Å². The number of rotatable bonds is 8. The summed E-state index contributed by atoms with van der Waals surface area (Å²) in [6, 6.07) is 13.5. The monoisotopic (exact) mass is 344 g/mol. The van der Waals surface area contributed by atoms with Gasteiger partial charge in [-0.05, 0) is 54.8 Å². The number of allylic oxidation sites excluding steroid dienone is 2. The van der Waals surface area contributed by atoms with Gasteiger partial charge in [0.1, 0.15) is 0 Å². The average Bonchev–Trinajstić information content (AvgIpc) is 2.63. The highest BCUT2D eigenvalue weighted by Gasteiger charge is 2.07. The van der Waals surface area contributed by atoms with E-state index in [4.69, 9.17) is 16.2 Å². The van der Waals surface area contributed by atoms with Crippen LogP contribution in [0.2, 0.25) is 0 Å². The molecular weight excluding hydrogens is 320 g/mol. The summed E-state index contributed by atoms with van der Waals surface area (Å²) in [5.74, 6) is 0. The molecule has 0 spiro atoms. The van der Waals surface area contributed by atoms with E-state index >= 15 is 0 Å². The fourth-order valence-corrected chi connectivity index (χ4v) is 2.61. The Hall–Kier alpha value is -3.27. The Morgan fingerprint density at radius 2 is 1.85 bits per heavy atom. The van der Waals surface area contributed by atoms with Crippen molar-refractivity contribution in [2.45, 2.75) is 20.3 Å². The standard InChI is InChI=1S/C22H24N4/c1-4-6-22(25)20-14-19(10-9-15(20)2)26-16(3)17-7-5-8-18(13-17)21(24)11-12-23/h4-10,12-14,23-26H,3,11H2,1-2H3/b6-4-,23-12?,24-21?,25-22?. The summed E-state index contributed by atoms with van der Waals surface area (Å²) in [5, 5.41) is 26.6. The largest absolute Gasteiger partial charge is 0.356 e. The molecule has 0 bridgehead atoms. The zero-order chi connectivity index (χ0) is 19.1. The van der Waals surface area contributed by atoms with Gasteiger partial charge in [0.2, 0.25) is 0 Å². The van der Waals surface area contributed by atoms with Crippen LogP contribution in [0.15, 0.2) is 61.2 Å². The molecule has 132 valence electrons. The zero-order valence-electron chi connectivity index (χ0n) is 15.2. The Labute approximate surface area is 154 Å². The van der Waals surface area contributed by atoms with E-state index in [9.17, 15) is 0 Å². The molecule has 0 aromatic heterocycles. The van der Waals surface area contributed by atoms with Crippen LogP contribution in [0.3, 0.4) is 0 Å². The molecule has 0 saturated carbocycles. The van der Waals surface area contributed by atoms with Gasteiger partial charge in [-0.2, -0.15) is 0 Å². The molecule has 2 aromatic carbocycles. The van der Waals surface area contributed by atoms with Crippen molar-refractivity contribution in [2.24, 2.45) is 0 Å². The number of benzene rings is 2. The maximum absolute atomic E-state index is 8.15. The number of nitrogens with one attached hydrogen (secondary N) is 4. The second-order valence-corrected chi connectivity index (χ2v) is 6.01. The molecule has 4 N–H and O–H groups in total. The highest BCUT2D eigenvalue weighted by molar-refractivity contribution is 6.08. The molecule has 0 radical (unpaired) electrons. The van der Waals surface area contributed by atoms with Crippen molar-refractivity contribution in [1.29, 1.82) is 16.2 Å². The van der Waals surface area contributed by atoms with Gasteiger partial charge in [0, 0.05) is 35.3 Å². The summed E-state index contributed by atoms with van der Waals surface area (Å²) in [6.45, 7) is 8.00. The Morgan fingerprint density at radius 3 is 2.54 bits per heavy atom. The number of anilines is 1. The lowest BCUT2D eigenvalue weighted by atomic mass is 10.0. The molecule has 0 heterocycles. The topological polar surface area (TPSA) is 83.6 Å². The van der Waals surface area contributed by atoms with E-state index in [1.54, 1.807) is 6.08 Å². The smallest absolute Gasteiger partial charge is 0.0612 e. The first-order valence-electron chi connectivity index (χ1n) is 8.41. The van der Waals surface area contributed by atoms with Crippen LogP contribution in [-0.2, 0) is 0 Å². The van der Waals surface area contributed by atoms with Gasteiger partial charge in [-0.25, -0.2) is 0 Å². The summed E-state index contributed by atoms with van der Waals surface area (Å²) >= 11 is 0. The summed E-state index contributed by atoms with van der Waals surface area (Å²) in [4.78, 5) is 0. The maximum atomic E-state index is 8.15. The first-order valence-corrected chi connectivity index (χ1v) is 8.41. The molecule has 26 heavy (non-hydrogen) atoms. The van der Waals surface area contributed by atoms with E-state index in [1.165, 1.54) is 6.21 Å². The fourth-order valence-electron chi connectivity index (χ4n) is 2.61. The van der Waals surface area contributed by atoms with E-state index in [1.807, 2.05) is 62.4 Å². The van der Waals surface area contributed by atoms with Crippen LogP contribution >= 0.6 is 0 Å². The third-order valence-electron chi connectivity index (χ3n) is 4.02. The number of aryl methyl sites for hydroxylation is 1. The first-order chi connectivity index (χ1) is 12.5. The van der Waals surface area contributed by atoms with Crippen LogP contribution in [0.25, 0.3) is 5.70 Å². The quantitative estimate of drug-likeness (QED) is 0.473. The van der Waals surface area contributed by atoms with Crippen LogP contribution in [0.4, 0.5) is 5.69 Å². The van der Waals surface area contributed by atoms with E-state index < -0.39 is 0 Å². The zero-order valence-corrected chi connectivity index (χ0v) is 15.2. The lowest BCUT2D eigenvalue weighted by Gasteiger charge is -2.13. The molecule has 0 saturated heterocycles. The minimum Gasteiger partial charge on any atom is -0.356 e. The Balaban J connectivity index is 2.24. The van der Waals surface area contributed by atoms with E-state index in [0.717, 1.165) is 33.6 Å². The molecular formula is C22H24N4. The molecule has 4 nitrogen and oxygen atoms in total. The summed E-state index contributed by atoms with van der Waals surface area (Å²) in [6.07, 6.45) is 5.18. The molecule has 0 aliphatic rings. The van der Waals surface area contributed by atoms with Crippen molar-refractivity contribution in [1.82, 2.24) is 0 Å². The van der Waals surface area contributed by atoms with E-state index in [-0.39, 0.29) is 0 Å². The molecule has 4 heteroatoms. The van der Waals surface area contributed by atoms with Crippen molar-refractivity contribution in [3.63, 3.8) is 0 Å². The van der Waals surface area contributed by atoms with Gasteiger partial charge < -0.3 is 21.5 Å². The van der Waals surface area contributed by atoms with Gasteiger partial charge in [-0.15, -0.1) is 0 Å². The third kappa shape index (κ3) is 4.63. The molecule has 0 fully saturated rings. The predicted octanol–water partition coefficient (Wildman–Crippen LogP) is 5.43. The summed E-state index contributed by atoms with van der Waals surface area (Å²) < 4.78 is 0. The molecule has 0 unspecified atom stereocenters. The van der Waals surface area contributed by atoms with Crippen LogP contribution in [-0.4, -0.2) is 17.6 Å². The lowest BCUT2D eigenvalue weighted by molar-refractivity contribution is 1.38. The second kappa shape index (κ2) is 8.72. The van der Waals surface area contributed by atoms with Crippen molar-refractivity contribution in [3.8, 4) is 0 Å². The lowest BCUT2D eigenvalue weighted by Crippen LogP contribution is -2.04. The molecule has 2 rings (SSSR count). The van der Waals surface area contributed by atoms with Crippen LogP contribution in [0.1, 0.15) is 35.6 Å². The number of hydrogen-bond donors (Lipinski definition) is 4. The van der Waals surface area contributed by atoms with Crippen molar-refractivity contribution >= 4 is 29.0 Å². The molecule has 0 amide bonds. The Kier molecular flexibility index (Phi) is 6.39. The highest BCUT2D eigenvalue weighted by Crippen LogP contribution is 2.22. The normalized spacial score (nSPS) is 10.5. The van der Waals surface area contributed by atoms with Crippen LogP contribution in [0.5, 0.6) is 0 Å². The van der Waals surface area contributed by atoms with Gasteiger partial charge in [-0.3, -0.25) is 0 Å². The molecule has 0 atom stereocenters. The average molecular weight is 344 g/mol. The third-order valence-corrected chi connectivity index (χ3v) is 4.02. The second-order valence-electron chi connectivity index (χ2n) is 6.01. The van der Waals surface area contributed by atoms with Gasteiger partial charge in [0.25, 0.3) is 0 Å². The highest BCUT2D eigenvalue weighted by atomic mass is 14.9. The van der Waals surface area contributed by atoms with Gasteiger partial charge in [0.05, 0.1) is 5.71 Å². The van der Waals surface area contributed by atoms with Gasteiger partial charge in [-0.1, -0.05) is 36.9 Å². The Morgan fingerprint density at radius 1 is 1.12 bits per heavy atom. The van der Waals surface area contributed by atoms with Gasteiger partial charge in [0.15, 0.2) is 0 Å². The van der Waals surface area contributed by atoms with Crippen molar-refractivity contribution < 1.29 is 0 Å². The van der Waals surface area contributed by atoms with E-state index in [0.29, 0.717) is 17.8 Å². The fraction of sp³-hybridized carbons (Fsp3) is 0.136. The van der Waals surface area contributed by atoms with Gasteiger partial charge >= 0.3 is 0 Å². The van der Waals surface area contributed by atoms with Crippen LogP contribution in [0, 0.1) is 23.2 Å². The summed E-state index contributed by atoms with van der Waals surface area (Å²) in [7, 11) is 0. The summed E-state index contributed by atoms with van der Waals surface area (Å²) in [5.41, 5.74) is 6.07. The number of hydrogen-bond acceptors (Lipinski definition) is 4. The first kappa shape index (κ1) is 19.1.